The van der Waals surface area contributed by atoms with Gasteiger partial charge < -0.3 is 14.5 Å². The third kappa shape index (κ3) is 5.59. The first-order valence-electron chi connectivity index (χ1n) is 9.74. The van der Waals surface area contributed by atoms with Crippen LogP contribution < -0.4 is 4.74 Å². The summed E-state index contributed by atoms with van der Waals surface area (Å²) in [6.07, 6.45) is 2.88. The third-order valence-electron chi connectivity index (χ3n) is 5.21. The third-order valence-corrected chi connectivity index (χ3v) is 5.44. The topological polar surface area (TPSA) is 53.1 Å². The van der Waals surface area contributed by atoms with Gasteiger partial charge in [-0.15, -0.1) is 0 Å². The maximum Gasteiger partial charge on any atom is 0.263 e. The van der Waals surface area contributed by atoms with E-state index in [4.69, 9.17) is 16.3 Å². The van der Waals surface area contributed by atoms with Gasteiger partial charge in [-0.1, -0.05) is 17.7 Å². The molecule has 3 rings (SSSR count). The Bertz CT molecular complexity index is 656. The quantitative estimate of drug-likeness (QED) is 0.770. The van der Waals surface area contributed by atoms with E-state index in [-0.39, 0.29) is 11.8 Å². The largest absolute Gasteiger partial charge is 0.481 e. The van der Waals surface area contributed by atoms with Crippen LogP contribution >= 0.6 is 11.6 Å². The molecule has 0 spiro atoms. The number of piperazine rings is 1. The molecule has 1 unspecified atom stereocenters. The summed E-state index contributed by atoms with van der Waals surface area (Å²) >= 11 is 5.96. The van der Waals surface area contributed by atoms with Crippen molar-refractivity contribution in [3.05, 3.63) is 29.3 Å². The lowest BCUT2D eigenvalue weighted by atomic mass is 10.1. The van der Waals surface area contributed by atoms with E-state index in [2.05, 4.69) is 4.90 Å². The van der Waals surface area contributed by atoms with Crippen molar-refractivity contribution in [2.45, 2.75) is 32.3 Å². The summed E-state index contributed by atoms with van der Waals surface area (Å²) in [5.41, 5.74) is 0. The minimum Gasteiger partial charge on any atom is -0.481 e. The summed E-state index contributed by atoms with van der Waals surface area (Å²) in [7, 11) is 0. The Balaban J connectivity index is 1.43. The Morgan fingerprint density at radius 3 is 2.41 bits per heavy atom. The van der Waals surface area contributed by atoms with Crippen molar-refractivity contribution in [2.75, 3.05) is 45.8 Å². The monoisotopic (exact) mass is 393 g/mol. The Kier molecular flexibility index (Phi) is 6.96. The van der Waals surface area contributed by atoms with Gasteiger partial charge in [0.2, 0.25) is 5.91 Å². The Morgan fingerprint density at radius 2 is 1.74 bits per heavy atom. The first-order valence-corrected chi connectivity index (χ1v) is 10.1. The lowest BCUT2D eigenvalue weighted by molar-refractivity contribution is -0.140. The molecule has 1 aromatic rings. The fourth-order valence-electron chi connectivity index (χ4n) is 3.61. The second-order valence-corrected chi connectivity index (χ2v) is 7.70. The van der Waals surface area contributed by atoms with Crippen LogP contribution in [0.4, 0.5) is 0 Å². The number of nitrogens with zero attached hydrogens (tertiary/aromatic N) is 3. The predicted octanol–water partition coefficient (Wildman–Crippen LogP) is 2.26. The number of rotatable bonds is 5. The molecule has 0 saturated carbocycles. The van der Waals surface area contributed by atoms with Gasteiger partial charge in [0.1, 0.15) is 5.75 Å². The van der Waals surface area contributed by atoms with Crippen molar-refractivity contribution < 1.29 is 14.3 Å². The van der Waals surface area contributed by atoms with Gasteiger partial charge in [0.05, 0.1) is 6.54 Å². The molecule has 7 heteroatoms. The van der Waals surface area contributed by atoms with Crippen molar-refractivity contribution >= 4 is 23.4 Å². The van der Waals surface area contributed by atoms with Gasteiger partial charge in [-0.3, -0.25) is 14.5 Å². The zero-order valence-electron chi connectivity index (χ0n) is 15.9. The first kappa shape index (κ1) is 20.0. The fraction of sp³-hybridized carbons (Fsp3) is 0.600. The smallest absolute Gasteiger partial charge is 0.263 e. The van der Waals surface area contributed by atoms with E-state index in [1.54, 1.807) is 31.2 Å². The van der Waals surface area contributed by atoms with E-state index < -0.39 is 6.10 Å². The van der Waals surface area contributed by atoms with Gasteiger partial charge in [0.15, 0.2) is 6.10 Å². The summed E-state index contributed by atoms with van der Waals surface area (Å²) < 4.78 is 5.73. The van der Waals surface area contributed by atoms with Gasteiger partial charge in [-0.2, -0.15) is 0 Å². The average Bonchev–Trinajstić information content (AvgIpc) is 2.68. The number of hydrogen-bond donors (Lipinski definition) is 0. The molecule has 2 heterocycles. The van der Waals surface area contributed by atoms with Crippen LogP contribution in [0.3, 0.4) is 0 Å². The molecule has 2 fully saturated rings. The minimum atomic E-state index is -0.565. The number of carbonyl (C=O) groups is 2. The number of carbonyl (C=O) groups excluding carboxylic acids is 2. The maximum atomic E-state index is 12.6. The van der Waals surface area contributed by atoms with Gasteiger partial charge >= 0.3 is 0 Å². The van der Waals surface area contributed by atoms with E-state index in [1.807, 2.05) is 9.80 Å². The number of piperidine rings is 1. The molecule has 2 saturated heterocycles. The van der Waals surface area contributed by atoms with Crippen molar-refractivity contribution in [1.82, 2.24) is 14.7 Å². The molecule has 148 valence electrons. The lowest BCUT2D eigenvalue weighted by Gasteiger charge is -2.36. The number of halogens is 1. The summed E-state index contributed by atoms with van der Waals surface area (Å²) in [6, 6.07) is 7.06. The molecule has 27 heavy (non-hydrogen) atoms. The molecular formula is C20H28ClN3O3. The summed E-state index contributed by atoms with van der Waals surface area (Å²) in [5, 5.41) is 0.583. The van der Waals surface area contributed by atoms with Crippen molar-refractivity contribution in [1.29, 1.82) is 0 Å². The standard InChI is InChI=1S/C20H28ClN3O3/c1-16(27-18-7-5-6-17(21)14-18)20(26)24-12-10-22(11-13-24)15-19(25)23-8-3-2-4-9-23/h5-7,14,16H,2-4,8-13,15H2,1H3. The molecule has 1 aromatic carbocycles. The van der Waals surface area contributed by atoms with Gasteiger partial charge in [0.25, 0.3) is 5.91 Å². The van der Waals surface area contributed by atoms with Crippen LogP contribution in [0.5, 0.6) is 5.75 Å². The molecule has 2 amide bonds. The summed E-state index contributed by atoms with van der Waals surface area (Å²) in [5.74, 6) is 0.776. The number of amides is 2. The molecule has 0 radical (unpaired) electrons. The number of likely N-dealkylation sites (tertiary alicyclic amines) is 1. The maximum absolute atomic E-state index is 12.6. The molecule has 1 atom stereocenters. The average molecular weight is 394 g/mol. The van der Waals surface area contributed by atoms with E-state index in [9.17, 15) is 9.59 Å². The number of ether oxygens (including phenoxy) is 1. The molecule has 0 N–H and O–H groups in total. The zero-order chi connectivity index (χ0) is 19.2. The second-order valence-electron chi connectivity index (χ2n) is 7.26. The molecular weight excluding hydrogens is 366 g/mol. The van der Waals surface area contributed by atoms with Crippen molar-refractivity contribution in [3.8, 4) is 5.75 Å². The van der Waals surface area contributed by atoms with E-state index in [0.29, 0.717) is 30.4 Å². The van der Waals surface area contributed by atoms with Gasteiger partial charge in [0, 0.05) is 44.3 Å². The minimum absolute atomic E-state index is 0.0306. The predicted molar refractivity (Wildman–Crippen MR) is 105 cm³/mol. The fourth-order valence-corrected chi connectivity index (χ4v) is 3.79. The van der Waals surface area contributed by atoms with Crippen molar-refractivity contribution in [3.63, 3.8) is 0 Å². The second kappa shape index (κ2) is 9.42. The van der Waals surface area contributed by atoms with Gasteiger partial charge in [-0.05, 0) is 44.4 Å². The molecule has 0 bridgehead atoms. The van der Waals surface area contributed by atoms with Crippen LogP contribution in [0, 0.1) is 0 Å². The Morgan fingerprint density at radius 1 is 1.04 bits per heavy atom. The SMILES string of the molecule is CC(Oc1cccc(Cl)c1)C(=O)N1CCN(CC(=O)N2CCCCC2)CC1. The summed E-state index contributed by atoms with van der Waals surface area (Å²) in [6.45, 7) is 6.66. The Labute approximate surface area is 166 Å². The number of hydrogen-bond acceptors (Lipinski definition) is 4. The highest BCUT2D eigenvalue weighted by atomic mass is 35.5. The molecule has 6 nitrogen and oxygen atoms in total. The Hall–Kier alpha value is -1.79. The summed E-state index contributed by atoms with van der Waals surface area (Å²) in [4.78, 5) is 31.0. The highest BCUT2D eigenvalue weighted by Gasteiger charge is 2.27. The zero-order valence-corrected chi connectivity index (χ0v) is 16.7. The van der Waals surface area contributed by atoms with E-state index in [0.717, 1.165) is 39.0 Å². The highest BCUT2D eigenvalue weighted by Crippen LogP contribution is 2.19. The van der Waals surface area contributed by atoms with Crippen LogP contribution in [0.15, 0.2) is 24.3 Å². The van der Waals surface area contributed by atoms with E-state index in [1.165, 1.54) is 6.42 Å². The van der Waals surface area contributed by atoms with Crippen LogP contribution in [0.1, 0.15) is 26.2 Å². The number of benzene rings is 1. The van der Waals surface area contributed by atoms with E-state index >= 15 is 0 Å². The van der Waals surface area contributed by atoms with Crippen LogP contribution in [-0.2, 0) is 9.59 Å². The molecule has 2 aliphatic rings. The normalized spacial score (nSPS) is 19.6. The lowest BCUT2D eigenvalue weighted by Crippen LogP contribution is -2.54. The molecule has 0 aromatic heterocycles. The molecule has 0 aliphatic carbocycles. The first-order chi connectivity index (χ1) is 13.0. The van der Waals surface area contributed by atoms with Crippen LogP contribution in [0.25, 0.3) is 0 Å². The van der Waals surface area contributed by atoms with Gasteiger partial charge in [-0.25, -0.2) is 0 Å². The highest BCUT2D eigenvalue weighted by molar-refractivity contribution is 6.30. The van der Waals surface area contributed by atoms with Crippen LogP contribution in [0.2, 0.25) is 5.02 Å². The van der Waals surface area contributed by atoms with Crippen LogP contribution in [-0.4, -0.2) is 78.4 Å². The van der Waals surface area contributed by atoms with Crippen molar-refractivity contribution in [2.24, 2.45) is 0 Å². The molecule has 2 aliphatic heterocycles.